The number of esters is 1. The predicted molar refractivity (Wildman–Crippen MR) is 88.9 cm³/mol. The summed E-state index contributed by atoms with van der Waals surface area (Å²) >= 11 is 5.82. The fourth-order valence-electron chi connectivity index (χ4n) is 2.97. The molecule has 1 aromatic heterocycles. The van der Waals surface area contributed by atoms with E-state index >= 15 is 0 Å². The highest BCUT2D eigenvalue weighted by Gasteiger charge is 2.21. The van der Waals surface area contributed by atoms with Gasteiger partial charge >= 0.3 is 11.6 Å². The highest BCUT2D eigenvalue weighted by atomic mass is 35.5. The Balaban J connectivity index is 1.86. The summed E-state index contributed by atoms with van der Waals surface area (Å²) < 4.78 is 10.7. The molecule has 0 spiro atoms. The zero-order valence-electron chi connectivity index (χ0n) is 12.8. The number of carbonyl (C=O) groups excluding carboxylic acids is 1. The first kappa shape index (κ1) is 16.1. The van der Waals surface area contributed by atoms with Gasteiger partial charge in [-0.1, -0.05) is 18.9 Å². The van der Waals surface area contributed by atoms with E-state index in [1.807, 2.05) is 6.07 Å². The molecular weight excluding hydrogens is 316 g/mol. The molecule has 0 atom stereocenters. The number of hydrogen-bond donors (Lipinski definition) is 0. The first-order valence-corrected chi connectivity index (χ1v) is 8.54. The fourth-order valence-corrected chi connectivity index (χ4v) is 3.14. The average molecular weight is 335 g/mol. The number of hydrogen-bond acceptors (Lipinski definition) is 4. The normalized spacial score (nSPS) is 16.2. The molecule has 2 aromatic rings. The van der Waals surface area contributed by atoms with Gasteiger partial charge in [0.05, 0.1) is 0 Å². The van der Waals surface area contributed by atoms with Crippen LogP contribution < -0.4 is 5.63 Å². The number of ether oxygens (including phenoxy) is 1. The summed E-state index contributed by atoms with van der Waals surface area (Å²) in [6, 6.07) is 6.83. The third-order valence-electron chi connectivity index (χ3n) is 4.25. The lowest BCUT2D eigenvalue weighted by atomic mass is 10.1. The maximum absolute atomic E-state index is 12.3. The lowest BCUT2D eigenvalue weighted by Gasteiger charge is -2.15. The summed E-state index contributed by atoms with van der Waals surface area (Å²) in [5.41, 5.74) is 0.634. The number of rotatable bonds is 3. The molecule has 1 aromatic carbocycles. The molecule has 5 heteroatoms. The highest BCUT2D eigenvalue weighted by Crippen LogP contribution is 2.22. The molecule has 1 aliphatic carbocycles. The van der Waals surface area contributed by atoms with Gasteiger partial charge in [0.25, 0.3) is 0 Å². The molecule has 0 amide bonds. The Morgan fingerprint density at radius 3 is 2.61 bits per heavy atom. The van der Waals surface area contributed by atoms with Crippen LogP contribution >= 0.6 is 11.6 Å². The second-order valence-electron chi connectivity index (χ2n) is 5.97. The summed E-state index contributed by atoms with van der Waals surface area (Å²) in [6.45, 7) is 0. The number of alkyl halides is 1. The van der Waals surface area contributed by atoms with E-state index in [4.69, 9.17) is 20.8 Å². The summed E-state index contributed by atoms with van der Waals surface area (Å²) in [7, 11) is 0. The zero-order valence-corrected chi connectivity index (χ0v) is 13.6. The molecule has 1 saturated carbocycles. The number of carbonyl (C=O) groups is 1. The lowest BCUT2D eigenvalue weighted by Crippen LogP contribution is -2.22. The predicted octanol–water partition coefficient (Wildman–Crippen LogP) is 4.41. The van der Waals surface area contributed by atoms with Gasteiger partial charge < -0.3 is 9.15 Å². The molecule has 0 N–H and O–H groups in total. The van der Waals surface area contributed by atoms with Crippen molar-refractivity contribution in [3.63, 3.8) is 0 Å². The smallest absolute Gasteiger partial charge is 0.351 e. The fraction of sp³-hybridized carbons (Fsp3) is 0.444. The molecule has 0 saturated heterocycles. The first-order chi connectivity index (χ1) is 11.2. The second kappa shape index (κ2) is 7.18. The minimum atomic E-state index is -0.658. The van der Waals surface area contributed by atoms with Crippen LogP contribution in [0.2, 0.25) is 0 Å². The van der Waals surface area contributed by atoms with Gasteiger partial charge in [-0.2, -0.15) is 0 Å². The van der Waals surface area contributed by atoms with E-state index in [2.05, 4.69) is 0 Å². The first-order valence-electron chi connectivity index (χ1n) is 8.01. The quantitative estimate of drug-likeness (QED) is 0.361. The molecule has 1 fully saturated rings. The van der Waals surface area contributed by atoms with E-state index < -0.39 is 11.6 Å². The van der Waals surface area contributed by atoms with Crippen molar-refractivity contribution in [2.45, 2.75) is 50.5 Å². The van der Waals surface area contributed by atoms with Crippen LogP contribution in [0.25, 0.3) is 11.0 Å². The minimum absolute atomic E-state index is 0.0477. The molecule has 1 heterocycles. The Bertz CT molecular complexity index is 757. The third kappa shape index (κ3) is 3.75. The van der Waals surface area contributed by atoms with Crippen molar-refractivity contribution < 1.29 is 13.9 Å². The topological polar surface area (TPSA) is 56.5 Å². The lowest BCUT2D eigenvalue weighted by molar-refractivity contribution is 0.0263. The molecule has 23 heavy (non-hydrogen) atoms. The van der Waals surface area contributed by atoms with Crippen LogP contribution in [-0.4, -0.2) is 12.1 Å². The van der Waals surface area contributed by atoms with Crippen molar-refractivity contribution in [1.29, 1.82) is 0 Å². The molecule has 3 rings (SSSR count). The maximum Gasteiger partial charge on any atom is 0.351 e. The third-order valence-corrected chi connectivity index (χ3v) is 4.56. The van der Waals surface area contributed by atoms with Crippen molar-refractivity contribution in [2.24, 2.45) is 0 Å². The van der Waals surface area contributed by atoms with E-state index in [1.54, 1.807) is 12.1 Å². The van der Waals surface area contributed by atoms with Gasteiger partial charge in [0, 0.05) is 11.3 Å². The molecular formula is C18H19ClO4. The molecule has 0 aliphatic heterocycles. The zero-order chi connectivity index (χ0) is 16.2. The van der Waals surface area contributed by atoms with Gasteiger partial charge in [-0.05, 0) is 49.4 Å². The Hall–Kier alpha value is -1.81. The maximum atomic E-state index is 12.3. The molecule has 0 unspecified atom stereocenters. The van der Waals surface area contributed by atoms with E-state index in [0.717, 1.165) is 31.2 Å². The van der Waals surface area contributed by atoms with Crippen molar-refractivity contribution in [1.82, 2.24) is 0 Å². The molecule has 1 aliphatic rings. The van der Waals surface area contributed by atoms with Crippen LogP contribution in [0.3, 0.4) is 0 Å². The molecule has 122 valence electrons. The van der Waals surface area contributed by atoms with Gasteiger partial charge in [0.15, 0.2) is 0 Å². The van der Waals surface area contributed by atoms with Crippen LogP contribution in [0.5, 0.6) is 0 Å². The van der Waals surface area contributed by atoms with Crippen molar-refractivity contribution in [3.8, 4) is 0 Å². The van der Waals surface area contributed by atoms with Crippen LogP contribution in [0.4, 0.5) is 0 Å². The Labute approximate surface area is 139 Å². The largest absolute Gasteiger partial charge is 0.459 e. The van der Waals surface area contributed by atoms with E-state index in [0.29, 0.717) is 16.8 Å². The number of halogens is 1. The van der Waals surface area contributed by atoms with Gasteiger partial charge in [-0.15, -0.1) is 11.6 Å². The van der Waals surface area contributed by atoms with Crippen LogP contribution in [0.1, 0.15) is 54.4 Å². The highest BCUT2D eigenvalue weighted by molar-refractivity contribution is 6.17. The van der Waals surface area contributed by atoms with Crippen LogP contribution in [0, 0.1) is 0 Å². The monoisotopic (exact) mass is 334 g/mol. The van der Waals surface area contributed by atoms with E-state index in [1.165, 1.54) is 18.9 Å². The van der Waals surface area contributed by atoms with Gasteiger partial charge in [-0.3, -0.25) is 0 Å². The van der Waals surface area contributed by atoms with Crippen molar-refractivity contribution in [2.75, 3.05) is 0 Å². The average Bonchev–Trinajstić information content (AvgIpc) is 2.82. The van der Waals surface area contributed by atoms with Crippen LogP contribution in [-0.2, 0) is 10.6 Å². The van der Waals surface area contributed by atoms with Crippen LogP contribution in [0.15, 0.2) is 33.5 Å². The van der Waals surface area contributed by atoms with Gasteiger partial charge in [0.2, 0.25) is 0 Å². The van der Waals surface area contributed by atoms with Crippen molar-refractivity contribution in [3.05, 3.63) is 45.8 Å². The number of benzene rings is 1. The second-order valence-corrected chi connectivity index (χ2v) is 6.24. The summed E-state index contributed by atoms with van der Waals surface area (Å²) in [5.74, 6) is -0.236. The molecule has 0 bridgehead atoms. The van der Waals surface area contributed by atoms with Gasteiger partial charge in [-0.25, -0.2) is 9.59 Å². The Morgan fingerprint density at radius 1 is 1.17 bits per heavy atom. The summed E-state index contributed by atoms with van der Waals surface area (Å²) in [5, 5.41) is 0.676. The SMILES string of the molecule is O=C(OC1CCCCCC1)c1cc2cc(CCl)ccc2oc1=O. The number of fused-ring (bicyclic) bond motifs is 1. The minimum Gasteiger partial charge on any atom is -0.459 e. The van der Waals surface area contributed by atoms with Gasteiger partial charge in [0.1, 0.15) is 17.3 Å². The summed E-state index contributed by atoms with van der Waals surface area (Å²) in [6.07, 6.45) is 6.09. The van der Waals surface area contributed by atoms with E-state index in [-0.39, 0.29) is 11.7 Å². The standard InChI is InChI=1S/C18H19ClO4/c19-11-12-7-8-16-13(9-12)10-15(18(21)23-16)17(20)22-14-5-3-1-2-4-6-14/h7-10,14H,1-6,11H2. The van der Waals surface area contributed by atoms with Crippen molar-refractivity contribution >= 4 is 28.5 Å². The Morgan fingerprint density at radius 2 is 1.91 bits per heavy atom. The Kier molecular flexibility index (Phi) is 5.01. The van der Waals surface area contributed by atoms with E-state index in [9.17, 15) is 9.59 Å². The molecule has 4 nitrogen and oxygen atoms in total. The molecule has 0 radical (unpaired) electrons. The summed E-state index contributed by atoms with van der Waals surface area (Å²) in [4.78, 5) is 24.4.